The number of alkyl halides is 1. The van der Waals surface area contributed by atoms with Gasteiger partial charge in [-0.2, -0.15) is 0 Å². The highest BCUT2D eigenvalue weighted by atomic mass is 35.5. The highest BCUT2D eigenvalue weighted by Crippen LogP contribution is 2.33. The fourth-order valence-electron chi connectivity index (χ4n) is 1.67. The van der Waals surface area contributed by atoms with Crippen molar-refractivity contribution in [3.05, 3.63) is 45.9 Å². The van der Waals surface area contributed by atoms with E-state index < -0.39 is 0 Å². The number of rotatable bonds is 4. The zero-order valence-corrected chi connectivity index (χ0v) is 11.6. The summed E-state index contributed by atoms with van der Waals surface area (Å²) in [5.41, 5.74) is 1.16. The molecule has 90 valence electrons. The lowest BCUT2D eigenvalue weighted by molar-refractivity contribution is 0.625. The summed E-state index contributed by atoms with van der Waals surface area (Å²) in [6, 6.07) is 10.4. The smallest absolute Gasteiger partial charge is 0.127 e. The normalized spacial score (nSPS) is 11.7. The minimum Gasteiger partial charge on any atom is -0.143 e. The first-order chi connectivity index (χ1) is 8.14. The minimum atomic E-state index is -0.0938. The summed E-state index contributed by atoms with van der Waals surface area (Å²) < 4.78 is 0. The third-order valence-corrected chi connectivity index (χ3v) is 4.30. The topological polar surface area (TPSA) is 25.8 Å². The molecule has 0 spiro atoms. The predicted octanol–water partition coefficient (Wildman–Crippen LogP) is 3.65. The Morgan fingerprint density at radius 1 is 1.18 bits per heavy atom. The first kappa shape index (κ1) is 12.5. The molecule has 1 heterocycles. The van der Waals surface area contributed by atoms with Gasteiger partial charge in [0.05, 0.1) is 0 Å². The molecule has 2 rings (SSSR count). The van der Waals surface area contributed by atoms with E-state index in [0.29, 0.717) is 5.88 Å². The second kappa shape index (κ2) is 5.15. The lowest BCUT2D eigenvalue weighted by atomic mass is 9.85. The molecule has 2 nitrogen and oxygen atoms in total. The average Bonchev–Trinajstić information content (AvgIpc) is 2.80. The summed E-state index contributed by atoms with van der Waals surface area (Å²) in [7, 11) is 0. The molecule has 0 atom stereocenters. The molecule has 1 aromatic carbocycles. The van der Waals surface area contributed by atoms with Crippen LogP contribution in [0.2, 0.25) is 0 Å². The summed E-state index contributed by atoms with van der Waals surface area (Å²) in [4.78, 5) is 0. The van der Waals surface area contributed by atoms with E-state index >= 15 is 0 Å². The SMILES string of the molecule is CC(C)(c1ccccc1)c1nnc(CCCl)s1. The number of hydrogen-bond acceptors (Lipinski definition) is 3. The van der Waals surface area contributed by atoms with E-state index in [1.54, 1.807) is 11.3 Å². The molecule has 0 saturated carbocycles. The van der Waals surface area contributed by atoms with E-state index in [9.17, 15) is 0 Å². The molecule has 2 aromatic rings. The zero-order valence-electron chi connectivity index (χ0n) is 9.98. The maximum atomic E-state index is 5.72. The Hall–Kier alpha value is -0.930. The van der Waals surface area contributed by atoms with Crippen LogP contribution in [0.25, 0.3) is 0 Å². The standard InChI is InChI=1S/C13H15ClN2S/c1-13(2,10-6-4-3-5-7-10)12-16-15-11(17-12)8-9-14/h3-7H,8-9H2,1-2H3. The summed E-state index contributed by atoms with van der Waals surface area (Å²) in [5, 5.41) is 10.5. The van der Waals surface area contributed by atoms with E-state index in [1.807, 2.05) is 6.07 Å². The first-order valence-electron chi connectivity index (χ1n) is 5.59. The molecule has 17 heavy (non-hydrogen) atoms. The zero-order chi connectivity index (χ0) is 12.3. The maximum absolute atomic E-state index is 5.72. The molecule has 0 unspecified atom stereocenters. The van der Waals surface area contributed by atoms with E-state index in [-0.39, 0.29) is 5.41 Å². The van der Waals surface area contributed by atoms with E-state index in [2.05, 4.69) is 48.3 Å². The summed E-state index contributed by atoms with van der Waals surface area (Å²) in [6.45, 7) is 4.35. The van der Waals surface area contributed by atoms with Crippen LogP contribution in [0.4, 0.5) is 0 Å². The maximum Gasteiger partial charge on any atom is 0.127 e. The lowest BCUT2D eigenvalue weighted by Crippen LogP contribution is -2.18. The molecular formula is C13H15ClN2S. The predicted molar refractivity (Wildman–Crippen MR) is 72.9 cm³/mol. The van der Waals surface area contributed by atoms with Gasteiger partial charge in [-0.3, -0.25) is 0 Å². The van der Waals surface area contributed by atoms with Crippen molar-refractivity contribution in [3.8, 4) is 0 Å². The van der Waals surface area contributed by atoms with Crippen molar-refractivity contribution >= 4 is 22.9 Å². The third kappa shape index (κ3) is 2.67. The summed E-state index contributed by atoms with van der Waals surface area (Å²) >= 11 is 7.37. The van der Waals surface area contributed by atoms with Crippen LogP contribution in [-0.2, 0) is 11.8 Å². The number of aromatic nitrogens is 2. The van der Waals surface area contributed by atoms with Gasteiger partial charge < -0.3 is 0 Å². The molecule has 0 fully saturated rings. The molecule has 0 bridgehead atoms. The van der Waals surface area contributed by atoms with Crippen LogP contribution in [0.1, 0.15) is 29.4 Å². The van der Waals surface area contributed by atoms with Gasteiger partial charge in [0, 0.05) is 17.7 Å². The van der Waals surface area contributed by atoms with Crippen molar-refractivity contribution in [2.45, 2.75) is 25.7 Å². The van der Waals surface area contributed by atoms with Gasteiger partial charge in [-0.05, 0) is 19.4 Å². The van der Waals surface area contributed by atoms with Gasteiger partial charge in [-0.25, -0.2) is 0 Å². The highest BCUT2D eigenvalue weighted by molar-refractivity contribution is 7.11. The van der Waals surface area contributed by atoms with Crippen LogP contribution >= 0.6 is 22.9 Å². The molecule has 0 saturated heterocycles. The van der Waals surface area contributed by atoms with Crippen molar-refractivity contribution in [2.75, 3.05) is 5.88 Å². The summed E-state index contributed by atoms with van der Waals surface area (Å²) in [6.07, 6.45) is 0.796. The van der Waals surface area contributed by atoms with Crippen molar-refractivity contribution in [1.29, 1.82) is 0 Å². The average molecular weight is 267 g/mol. The Kier molecular flexibility index (Phi) is 3.79. The summed E-state index contributed by atoms with van der Waals surface area (Å²) in [5.74, 6) is 0.598. The van der Waals surface area contributed by atoms with Crippen molar-refractivity contribution in [1.82, 2.24) is 10.2 Å². The van der Waals surface area contributed by atoms with Crippen LogP contribution < -0.4 is 0 Å². The van der Waals surface area contributed by atoms with Crippen molar-refractivity contribution in [2.24, 2.45) is 0 Å². The molecule has 1 aromatic heterocycles. The van der Waals surface area contributed by atoms with Gasteiger partial charge in [0.15, 0.2) is 0 Å². The quantitative estimate of drug-likeness (QED) is 0.790. The van der Waals surface area contributed by atoms with Crippen LogP contribution in [0.15, 0.2) is 30.3 Å². The minimum absolute atomic E-state index is 0.0938. The number of aryl methyl sites for hydroxylation is 1. The van der Waals surface area contributed by atoms with Crippen LogP contribution in [-0.4, -0.2) is 16.1 Å². The Bertz CT molecular complexity index is 479. The van der Waals surface area contributed by atoms with Gasteiger partial charge in [-0.15, -0.1) is 33.1 Å². The molecule has 0 aliphatic heterocycles. The van der Waals surface area contributed by atoms with E-state index in [1.165, 1.54) is 5.56 Å². The Labute approximate surface area is 111 Å². The molecule has 0 N–H and O–H groups in total. The second-order valence-electron chi connectivity index (χ2n) is 4.43. The third-order valence-electron chi connectivity index (χ3n) is 2.81. The molecular weight excluding hydrogens is 252 g/mol. The van der Waals surface area contributed by atoms with Crippen molar-refractivity contribution < 1.29 is 0 Å². The number of nitrogens with zero attached hydrogens (tertiary/aromatic N) is 2. The molecule has 4 heteroatoms. The molecule has 0 amide bonds. The molecule has 0 radical (unpaired) electrons. The largest absolute Gasteiger partial charge is 0.143 e. The number of hydrogen-bond donors (Lipinski definition) is 0. The van der Waals surface area contributed by atoms with Crippen LogP contribution in [0.3, 0.4) is 0 Å². The fourth-order valence-corrected chi connectivity index (χ4v) is 2.92. The monoisotopic (exact) mass is 266 g/mol. The van der Waals surface area contributed by atoms with E-state index in [4.69, 9.17) is 11.6 Å². The Morgan fingerprint density at radius 2 is 1.88 bits per heavy atom. The Morgan fingerprint density at radius 3 is 2.53 bits per heavy atom. The molecule has 0 aliphatic carbocycles. The van der Waals surface area contributed by atoms with Gasteiger partial charge in [0.1, 0.15) is 10.0 Å². The number of benzene rings is 1. The van der Waals surface area contributed by atoms with Crippen LogP contribution in [0.5, 0.6) is 0 Å². The van der Waals surface area contributed by atoms with E-state index in [0.717, 1.165) is 16.4 Å². The van der Waals surface area contributed by atoms with Crippen LogP contribution in [0, 0.1) is 0 Å². The fraction of sp³-hybridized carbons (Fsp3) is 0.385. The lowest BCUT2D eigenvalue weighted by Gasteiger charge is -2.21. The van der Waals surface area contributed by atoms with Crippen molar-refractivity contribution in [3.63, 3.8) is 0 Å². The van der Waals surface area contributed by atoms with Gasteiger partial charge in [0.2, 0.25) is 0 Å². The van der Waals surface area contributed by atoms with Gasteiger partial charge in [0.25, 0.3) is 0 Å². The number of halogens is 1. The Balaban J connectivity index is 2.31. The highest BCUT2D eigenvalue weighted by Gasteiger charge is 2.27. The first-order valence-corrected chi connectivity index (χ1v) is 6.94. The molecule has 0 aliphatic rings. The van der Waals surface area contributed by atoms with Gasteiger partial charge in [-0.1, -0.05) is 30.3 Å². The second-order valence-corrected chi connectivity index (χ2v) is 5.87. The van der Waals surface area contributed by atoms with Gasteiger partial charge >= 0.3 is 0 Å².